The van der Waals surface area contributed by atoms with E-state index in [4.69, 9.17) is 4.98 Å². The maximum absolute atomic E-state index is 4.76. The van der Waals surface area contributed by atoms with E-state index in [0.717, 1.165) is 11.3 Å². The zero-order valence-corrected chi connectivity index (χ0v) is 16.6. The van der Waals surface area contributed by atoms with E-state index in [-0.39, 0.29) is 0 Å². The summed E-state index contributed by atoms with van der Waals surface area (Å²) in [5.74, 6) is 2.13. The number of hydrogen-bond acceptors (Lipinski definition) is 1. The Balaban J connectivity index is 1.74. The van der Waals surface area contributed by atoms with E-state index in [1.807, 2.05) is 12.3 Å². The van der Waals surface area contributed by atoms with Gasteiger partial charge in [0.1, 0.15) is 0 Å². The fraction of sp³-hybridized carbons (Fsp3) is 0. The van der Waals surface area contributed by atoms with Crippen LogP contribution in [0.5, 0.6) is 0 Å². The van der Waals surface area contributed by atoms with Gasteiger partial charge in [-0.25, -0.2) is 0 Å². The fourth-order valence-electron chi connectivity index (χ4n) is 3.93. The number of pyridine rings is 1. The van der Waals surface area contributed by atoms with Gasteiger partial charge in [-0.05, 0) is 0 Å². The molecule has 0 aliphatic heterocycles. The van der Waals surface area contributed by atoms with Gasteiger partial charge < -0.3 is 0 Å². The van der Waals surface area contributed by atoms with Crippen molar-refractivity contribution in [3.8, 4) is 44.5 Å². The van der Waals surface area contributed by atoms with E-state index < -0.39 is 0 Å². The minimum atomic E-state index is 0.980. The Labute approximate surface area is 177 Å². The van der Waals surface area contributed by atoms with Gasteiger partial charge in [-0.2, -0.15) is 0 Å². The second kappa shape index (κ2) is 8.30. The van der Waals surface area contributed by atoms with Crippen LogP contribution in [-0.4, -0.2) is 11.9 Å². The van der Waals surface area contributed by atoms with Crippen molar-refractivity contribution in [2.24, 2.45) is 0 Å². The molecule has 0 atom stereocenters. The van der Waals surface area contributed by atoms with Gasteiger partial charge in [0, 0.05) is 0 Å². The molecule has 0 unspecified atom stereocenters. The van der Waals surface area contributed by atoms with E-state index in [0.29, 0.717) is 0 Å². The number of nitrogens with zero attached hydrogens (tertiary/aromatic N) is 1. The van der Waals surface area contributed by atoms with Crippen LogP contribution >= 0.6 is 0 Å². The van der Waals surface area contributed by atoms with Crippen molar-refractivity contribution in [3.63, 3.8) is 0 Å². The molecule has 0 saturated heterocycles. The van der Waals surface area contributed by atoms with Crippen LogP contribution in [0.25, 0.3) is 44.5 Å². The number of aromatic nitrogens is 1. The molecule has 2 aromatic heterocycles. The van der Waals surface area contributed by atoms with Crippen molar-refractivity contribution in [3.05, 3.63) is 121 Å². The van der Waals surface area contributed by atoms with Crippen molar-refractivity contribution in [2.75, 3.05) is 0 Å². The predicted molar refractivity (Wildman–Crippen MR) is 127 cm³/mol. The van der Waals surface area contributed by atoms with Crippen molar-refractivity contribution in [1.82, 2.24) is 4.98 Å². The van der Waals surface area contributed by atoms with E-state index in [2.05, 4.69) is 116 Å². The van der Waals surface area contributed by atoms with Gasteiger partial charge in [0.15, 0.2) is 0 Å². The van der Waals surface area contributed by atoms with Crippen molar-refractivity contribution in [1.29, 1.82) is 0 Å². The molecule has 0 spiro atoms. The molecular formula is C28H20BN. The Morgan fingerprint density at radius 3 is 1.80 bits per heavy atom. The third-order valence-corrected chi connectivity index (χ3v) is 5.35. The van der Waals surface area contributed by atoms with E-state index in [9.17, 15) is 0 Å². The summed E-state index contributed by atoms with van der Waals surface area (Å²) >= 11 is 0. The number of hydrogen-bond donors (Lipinski definition) is 0. The van der Waals surface area contributed by atoms with Crippen LogP contribution in [0.4, 0.5) is 0 Å². The van der Waals surface area contributed by atoms with Crippen molar-refractivity contribution < 1.29 is 0 Å². The van der Waals surface area contributed by atoms with Crippen LogP contribution in [0.3, 0.4) is 0 Å². The molecule has 1 nitrogen and oxygen atoms in total. The van der Waals surface area contributed by atoms with Gasteiger partial charge >= 0.3 is 178 Å². The average Bonchev–Trinajstić information content (AvgIpc) is 2.85. The first-order valence-electron chi connectivity index (χ1n) is 10.2. The zero-order valence-electron chi connectivity index (χ0n) is 16.6. The quantitative estimate of drug-likeness (QED) is 0.324. The Morgan fingerprint density at radius 1 is 0.533 bits per heavy atom. The third-order valence-electron chi connectivity index (χ3n) is 5.35. The van der Waals surface area contributed by atoms with Gasteiger partial charge in [0.2, 0.25) is 0 Å². The van der Waals surface area contributed by atoms with Gasteiger partial charge in [0.25, 0.3) is 0 Å². The molecule has 30 heavy (non-hydrogen) atoms. The van der Waals surface area contributed by atoms with Gasteiger partial charge in [0.05, 0.1) is 0 Å². The van der Waals surface area contributed by atoms with Crippen LogP contribution in [0.1, 0.15) is 0 Å². The van der Waals surface area contributed by atoms with Gasteiger partial charge in [-0.15, -0.1) is 0 Å². The molecule has 0 bridgehead atoms. The summed E-state index contributed by atoms with van der Waals surface area (Å²) in [6, 6.07) is 38.0. The summed E-state index contributed by atoms with van der Waals surface area (Å²) in [5.41, 5.74) is 9.31. The summed E-state index contributed by atoms with van der Waals surface area (Å²) < 4.78 is 0. The molecule has 0 N–H and O–H groups in total. The van der Waals surface area contributed by atoms with E-state index >= 15 is 0 Å². The Bertz CT molecular complexity index is 1270. The van der Waals surface area contributed by atoms with Gasteiger partial charge in [-0.1, -0.05) is 0 Å². The molecule has 5 rings (SSSR count). The summed E-state index contributed by atoms with van der Waals surface area (Å²) in [6.45, 7) is 2.20. The molecule has 2 heteroatoms. The van der Waals surface area contributed by atoms with Crippen LogP contribution in [0.2, 0.25) is 0 Å². The molecule has 0 radical (unpaired) electrons. The Hall–Kier alpha value is -3.78. The summed E-state index contributed by atoms with van der Waals surface area (Å²) in [7, 11) is 0. The maximum atomic E-state index is 4.76. The molecular weight excluding hydrogens is 361 g/mol. The van der Waals surface area contributed by atoms with Crippen LogP contribution in [-0.2, 0) is 0 Å². The molecule has 3 aromatic carbocycles. The zero-order chi connectivity index (χ0) is 20.2. The van der Waals surface area contributed by atoms with E-state index in [1.54, 1.807) is 0 Å². The third kappa shape index (κ3) is 3.60. The first-order chi connectivity index (χ1) is 14.9. The number of rotatable bonds is 4. The van der Waals surface area contributed by atoms with Crippen LogP contribution in [0.15, 0.2) is 121 Å². The molecule has 0 amide bonds. The molecule has 0 aliphatic rings. The standard InChI is InChI=1S/C28H20BN/c1-4-10-21(11-5-1)24-17-19-30-26(20-24)25-16-18-29-28(23-14-8-3-9-15-23)27(25)22-12-6-2-7-13-22/h1-20H. The normalized spacial score (nSPS) is 10.5. The second-order valence-electron chi connectivity index (χ2n) is 7.26. The molecule has 0 saturated carbocycles. The van der Waals surface area contributed by atoms with Crippen molar-refractivity contribution in [2.45, 2.75) is 0 Å². The fourth-order valence-corrected chi connectivity index (χ4v) is 3.93. The molecule has 2 heterocycles. The molecule has 5 aromatic rings. The summed E-state index contributed by atoms with van der Waals surface area (Å²) in [5, 5.41) is 0. The minimum absolute atomic E-state index is 0.980. The first kappa shape index (κ1) is 18.3. The Kier molecular flexibility index (Phi) is 5.06. The monoisotopic (exact) mass is 381 g/mol. The second-order valence-corrected chi connectivity index (χ2v) is 7.26. The topological polar surface area (TPSA) is 12.9 Å². The Morgan fingerprint density at radius 2 is 1.13 bits per heavy atom. The average molecular weight is 381 g/mol. The van der Waals surface area contributed by atoms with E-state index in [1.165, 1.54) is 33.3 Å². The molecule has 0 fully saturated rings. The first-order valence-corrected chi connectivity index (χ1v) is 10.2. The molecule has 140 valence electrons. The van der Waals surface area contributed by atoms with Gasteiger partial charge in [-0.3, -0.25) is 0 Å². The van der Waals surface area contributed by atoms with Crippen LogP contribution < -0.4 is 0 Å². The van der Waals surface area contributed by atoms with Crippen LogP contribution in [0, 0.1) is 0 Å². The summed E-state index contributed by atoms with van der Waals surface area (Å²) in [4.78, 5) is 4.76. The number of benzene rings is 3. The predicted octanol–water partition coefficient (Wildman–Crippen LogP) is 7.09. The SMILES string of the molecule is b1ccc(-c2cc(-c3ccccc3)ccn2)c(-c2ccccc2)c1-c1ccccc1. The molecule has 0 aliphatic carbocycles. The van der Waals surface area contributed by atoms with Crippen molar-refractivity contribution >= 4 is 6.91 Å². The summed E-state index contributed by atoms with van der Waals surface area (Å²) in [6.07, 6.45) is 1.90.